The minimum atomic E-state index is -0.598. The van der Waals surface area contributed by atoms with Gasteiger partial charge in [0.05, 0.1) is 12.5 Å². The molecule has 0 unspecified atom stereocenters. The molecule has 26 heavy (non-hydrogen) atoms. The van der Waals surface area contributed by atoms with Crippen LogP contribution in [0.4, 0.5) is 0 Å². The van der Waals surface area contributed by atoms with Crippen LogP contribution in [0.3, 0.4) is 0 Å². The summed E-state index contributed by atoms with van der Waals surface area (Å²) in [5.74, 6) is 0.362. The fraction of sp³-hybridized carbons (Fsp3) is 0.188. The first-order chi connectivity index (χ1) is 12.6. The molecule has 0 N–H and O–H groups in total. The highest BCUT2D eigenvalue weighted by atomic mass is 16.5. The van der Waals surface area contributed by atoms with Crippen LogP contribution >= 0.6 is 0 Å². The van der Waals surface area contributed by atoms with Gasteiger partial charge in [0.1, 0.15) is 30.6 Å². The third-order valence-electron chi connectivity index (χ3n) is 3.72. The van der Waals surface area contributed by atoms with Crippen molar-refractivity contribution < 1.29 is 18.5 Å². The highest BCUT2D eigenvalue weighted by Gasteiger charge is 2.14. The lowest BCUT2D eigenvalue weighted by atomic mass is 10.3. The minimum Gasteiger partial charge on any atom is -0.461 e. The van der Waals surface area contributed by atoms with Crippen LogP contribution in [0.2, 0.25) is 0 Å². The van der Waals surface area contributed by atoms with E-state index in [4.69, 9.17) is 13.7 Å². The molecule has 132 valence electrons. The second-order valence-corrected chi connectivity index (χ2v) is 5.50. The van der Waals surface area contributed by atoms with Gasteiger partial charge in [-0.25, -0.2) is 4.98 Å². The Kier molecular flexibility index (Phi) is 3.84. The molecule has 0 saturated heterocycles. The average Bonchev–Trinajstić information content (AvgIpc) is 3.36. The normalized spacial score (nSPS) is 11.1. The van der Waals surface area contributed by atoms with Crippen molar-refractivity contribution in [2.24, 2.45) is 7.05 Å². The molecule has 0 bridgehead atoms. The van der Waals surface area contributed by atoms with Gasteiger partial charge in [-0.3, -0.25) is 18.8 Å². The van der Waals surface area contributed by atoms with Gasteiger partial charge in [0, 0.05) is 13.1 Å². The standard InChI is InChI=1S/C16H13N5O5/c1-20-15-11(6-18-20)16(23)21(9-17-15)7-14(22)25-8-10-5-13(26-19-10)12-3-2-4-24-12/h2-6,9H,7-8H2,1H3. The molecule has 10 nitrogen and oxygen atoms in total. The maximum Gasteiger partial charge on any atom is 0.326 e. The van der Waals surface area contributed by atoms with E-state index in [1.807, 2.05) is 0 Å². The zero-order valence-electron chi connectivity index (χ0n) is 13.7. The number of ether oxygens (including phenoxy) is 1. The summed E-state index contributed by atoms with van der Waals surface area (Å²) in [4.78, 5) is 28.4. The van der Waals surface area contributed by atoms with Crippen molar-refractivity contribution in [1.82, 2.24) is 24.5 Å². The van der Waals surface area contributed by atoms with Gasteiger partial charge in [0.2, 0.25) is 5.76 Å². The van der Waals surface area contributed by atoms with Gasteiger partial charge < -0.3 is 13.7 Å². The topological polar surface area (TPSA) is 118 Å². The minimum absolute atomic E-state index is 0.0830. The number of carbonyl (C=O) groups excluding carboxylic acids is 1. The molecule has 0 saturated carbocycles. The molecule has 0 aliphatic rings. The van der Waals surface area contributed by atoms with E-state index in [0.29, 0.717) is 28.2 Å². The summed E-state index contributed by atoms with van der Waals surface area (Å²) in [5.41, 5.74) is 0.521. The van der Waals surface area contributed by atoms with Gasteiger partial charge in [-0.1, -0.05) is 5.16 Å². The quantitative estimate of drug-likeness (QED) is 0.489. The van der Waals surface area contributed by atoms with Gasteiger partial charge in [0.25, 0.3) is 5.56 Å². The van der Waals surface area contributed by atoms with Crippen molar-refractivity contribution >= 4 is 17.0 Å². The Balaban J connectivity index is 1.42. The van der Waals surface area contributed by atoms with Crippen LogP contribution in [0, 0.1) is 0 Å². The lowest BCUT2D eigenvalue weighted by Crippen LogP contribution is -2.25. The van der Waals surface area contributed by atoms with Crippen LogP contribution in [-0.4, -0.2) is 30.5 Å². The number of aryl methyl sites for hydroxylation is 1. The molecule has 10 heteroatoms. The maximum atomic E-state index is 12.3. The number of hydrogen-bond acceptors (Lipinski definition) is 8. The molecule has 0 aliphatic carbocycles. The molecular weight excluding hydrogens is 342 g/mol. The van der Waals surface area contributed by atoms with Crippen LogP contribution in [0.25, 0.3) is 22.6 Å². The number of aromatic nitrogens is 5. The smallest absolute Gasteiger partial charge is 0.326 e. The molecule has 0 radical (unpaired) electrons. The first-order valence-electron chi connectivity index (χ1n) is 7.64. The van der Waals surface area contributed by atoms with E-state index >= 15 is 0 Å². The number of hydrogen-bond donors (Lipinski definition) is 0. The molecule has 0 atom stereocenters. The molecule has 4 heterocycles. The second-order valence-electron chi connectivity index (χ2n) is 5.50. The first kappa shape index (κ1) is 15.8. The molecule has 0 spiro atoms. The molecular formula is C16H13N5O5. The molecule has 0 amide bonds. The Labute approximate surface area is 145 Å². The van der Waals surface area contributed by atoms with E-state index in [1.165, 1.54) is 28.0 Å². The lowest BCUT2D eigenvalue weighted by molar-refractivity contribution is -0.145. The fourth-order valence-electron chi connectivity index (χ4n) is 2.43. The monoisotopic (exact) mass is 355 g/mol. The number of fused-ring (bicyclic) bond motifs is 1. The molecule has 0 aromatic carbocycles. The van der Waals surface area contributed by atoms with Gasteiger partial charge >= 0.3 is 5.97 Å². The van der Waals surface area contributed by atoms with Crippen LogP contribution in [0.5, 0.6) is 0 Å². The largest absolute Gasteiger partial charge is 0.461 e. The van der Waals surface area contributed by atoms with Gasteiger partial charge in [0.15, 0.2) is 11.4 Å². The SMILES string of the molecule is Cn1ncc2c(=O)n(CC(=O)OCc3cc(-c4ccco4)on3)cnc21. The van der Waals surface area contributed by atoms with Crippen molar-refractivity contribution in [2.75, 3.05) is 0 Å². The Morgan fingerprint density at radius 1 is 1.35 bits per heavy atom. The summed E-state index contributed by atoms with van der Waals surface area (Å²) >= 11 is 0. The number of furan rings is 1. The van der Waals surface area contributed by atoms with Gasteiger partial charge in [-0.2, -0.15) is 5.10 Å². The molecule has 4 aromatic heterocycles. The summed E-state index contributed by atoms with van der Waals surface area (Å²) in [6, 6.07) is 5.06. The van der Waals surface area contributed by atoms with Gasteiger partial charge in [-0.05, 0) is 12.1 Å². The molecule has 0 aliphatic heterocycles. The summed E-state index contributed by atoms with van der Waals surface area (Å²) in [6.45, 7) is -0.347. The van der Waals surface area contributed by atoms with E-state index in [1.54, 1.807) is 25.2 Å². The summed E-state index contributed by atoms with van der Waals surface area (Å²) in [5, 5.41) is 8.12. The Morgan fingerprint density at radius 3 is 3.04 bits per heavy atom. The van der Waals surface area contributed by atoms with Crippen molar-refractivity contribution in [3.8, 4) is 11.5 Å². The van der Waals surface area contributed by atoms with Crippen LogP contribution in [-0.2, 0) is 29.7 Å². The summed E-state index contributed by atoms with van der Waals surface area (Å²) in [7, 11) is 1.68. The zero-order valence-corrected chi connectivity index (χ0v) is 13.7. The number of carbonyl (C=O) groups is 1. The van der Waals surface area contributed by atoms with E-state index in [-0.39, 0.29) is 18.7 Å². The Morgan fingerprint density at radius 2 is 2.23 bits per heavy atom. The number of rotatable bonds is 5. The average molecular weight is 355 g/mol. The third-order valence-corrected chi connectivity index (χ3v) is 3.72. The van der Waals surface area contributed by atoms with Crippen molar-refractivity contribution in [3.63, 3.8) is 0 Å². The van der Waals surface area contributed by atoms with E-state index in [0.717, 1.165) is 0 Å². The fourth-order valence-corrected chi connectivity index (χ4v) is 2.43. The van der Waals surface area contributed by atoms with Crippen LogP contribution in [0.15, 0.2) is 50.7 Å². The number of esters is 1. The Hall–Kier alpha value is -3.69. The second kappa shape index (κ2) is 6.31. The Bertz CT molecular complexity index is 1120. The van der Waals surface area contributed by atoms with Crippen molar-refractivity contribution in [3.05, 3.63) is 53.0 Å². The van der Waals surface area contributed by atoms with E-state index in [9.17, 15) is 9.59 Å². The predicted molar refractivity (Wildman–Crippen MR) is 86.8 cm³/mol. The van der Waals surface area contributed by atoms with Gasteiger partial charge in [-0.15, -0.1) is 0 Å². The third kappa shape index (κ3) is 2.88. The predicted octanol–water partition coefficient (Wildman–Crippen LogP) is 1.12. The molecule has 4 rings (SSSR count). The summed E-state index contributed by atoms with van der Waals surface area (Å²) < 4.78 is 18.1. The molecule has 0 fully saturated rings. The first-order valence-corrected chi connectivity index (χ1v) is 7.64. The zero-order chi connectivity index (χ0) is 18.1. The van der Waals surface area contributed by atoms with E-state index < -0.39 is 5.97 Å². The number of nitrogens with zero attached hydrogens (tertiary/aromatic N) is 5. The highest BCUT2D eigenvalue weighted by molar-refractivity contribution is 5.74. The van der Waals surface area contributed by atoms with Crippen molar-refractivity contribution in [2.45, 2.75) is 13.2 Å². The maximum absolute atomic E-state index is 12.3. The van der Waals surface area contributed by atoms with Crippen molar-refractivity contribution in [1.29, 1.82) is 0 Å². The highest BCUT2D eigenvalue weighted by Crippen LogP contribution is 2.20. The van der Waals surface area contributed by atoms with Crippen LogP contribution in [0.1, 0.15) is 5.69 Å². The van der Waals surface area contributed by atoms with Crippen LogP contribution < -0.4 is 5.56 Å². The lowest BCUT2D eigenvalue weighted by Gasteiger charge is -2.05. The van der Waals surface area contributed by atoms with E-state index in [2.05, 4.69) is 15.2 Å². The molecule has 4 aromatic rings. The summed E-state index contributed by atoms with van der Waals surface area (Å²) in [6.07, 6.45) is 4.22.